The Hall–Kier alpha value is -1.10. The van der Waals surface area contributed by atoms with Crippen molar-refractivity contribution in [2.45, 2.75) is 44.7 Å². The Morgan fingerprint density at radius 2 is 2.06 bits per heavy atom. The largest absolute Gasteiger partial charge is 0.385 e. The summed E-state index contributed by atoms with van der Waals surface area (Å²) in [7, 11) is 1.65. The lowest BCUT2D eigenvalue weighted by Gasteiger charge is -2.46. The molecule has 5 heteroatoms. The van der Waals surface area contributed by atoms with E-state index in [1.165, 1.54) is 0 Å². The molecule has 0 spiro atoms. The van der Waals surface area contributed by atoms with Gasteiger partial charge in [-0.3, -0.25) is 9.59 Å². The third-order valence-electron chi connectivity index (χ3n) is 3.93. The predicted octanol–water partition coefficient (Wildman–Crippen LogP) is 0.635. The number of amides is 2. The minimum atomic E-state index is -0.316. The fourth-order valence-electron chi connectivity index (χ4n) is 2.89. The molecule has 5 nitrogen and oxygen atoms in total. The number of piperazine rings is 1. The molecule has 0 saturated carbocycles. The first-order valence-corrected chi connectivity index (χ1v) is 6.76. The molecule has 2 fully saturated rings. The number of piperidine rings is 1. The predicted molar refractivity (Wildman–Crippen MR) is 67.0 cm³/mol. The van der Waals surface area contributed by atoms with Crippen LogP contribution in [0.4, 0.5) is 0 Å². The van der Waals surface area contributed by atoms with Gasteiger partial charge in [0.25, 0.3) is 0 Å². The van der Waals surface area contributed by atoms with Gasteiger partial charge in [0, 0.05) is 26.8 Å². The SMILES string of the molecule is COCCCN1C(=O)C2CCCCN2C(=O)C1C. The van der Waals surface area contributed by atoms with E-state index in [1.54, 1.807) is 16.9 Å². The standard InChI is InChI=1S/C13H22N2O3/c1-10-12(16)15-7-4-3-6-11(15)13(17)14(10)8-5-9-18-2/h10-11H,3-9H2,1-2H3. The Balaban J connectivity index is 2.06. The summed E-state index contributed by atoms with van der Waals surface area (Å²) in [6.45, 7) is 3.81. The van der Waals surface area contributed by atoms with Gasteiger partial charge in [-0.2, -0.15) is 0 Å². The summed E-state index contributed by atoms with van der Waals surface area (Å²) in [6, 6.07) is -0.520. The fraction of sp³-hybridized carbons (Fsp3) is 0.846. The molecular formula is C13H22N2O3. The van der Waals surface area contributed by atoms with Gasteiger partial charge in [0.15, 0.2) is 0 Å². The maximum absolute atomic E-state index is 12.4. The third kappa shape index (κ3) is 2.36. The molecule has 2 atom stereocenters. The number of nitrogens with zero attached hydrogens (tertiary/aromatic N) is 2. The van der Waals surface area contributed by atoms with Crippen molar-refractivity contribution in [3.05, 3.63) is 0 Å². The van der Waals surface area contributed by atoms with Crippen LogP contribution < -0.4 is 0 Å². The summed E-state index contributed by atoms with van der Waals surface area (Å²) in [6.07, 6.45) is 3.66. The van der Waals surface area contributed by atoms with E-state index >= 15 is 0 Å². The van der Waals surface area contributed by atoms with Gasteiger partial charge in [-0.1, -0.05) is 0 Å². The van der Waals surface area contributed by atoms with Crippen molar-refractivity contribution in [3.8, 4) is 0 Å². The topological polar surface area (TPSA) is 49.9 Å². The maximum Gasteiger partial charge on any atom is 0.246 e. The van der Waals surface area contributed by atoms with Gasteiger partial charge in [-0.05, 0) is 32.6 Å². The molecule has 2 rings (SSSR count). The van der Waals surface area contributed by atoms with E-state index in [4.69, 9.17) is 4.74 Å². The minimum absolute atomic E-state index is 0.108. The van der Waals surface area contributed by atoms with E-state index in [0.29, 0.717) is 13.2 Å². The molecule has 2 saturated heterocycles. The van der Waals surface area contributed by atoms with Crippen molar-refractivity contribution < 1.29 is 14.3 Å². The summed E-state index contributed by atoms with van der Waals surface area (Å²) >= 11 is 0. The van der Waals surface area contributed by atoms with E-state index in [2.05, 4.69) is 0 Å². The highest BCUT2D eigenvalue weighted by molar-refractivity contribution is 5.96. The number of fused-ring (bicyclic) bond motifs is 1. The zero-order chi connectivity index (χ0) is 13.1. The summed E-state index contributed by atoms with van der Waals surface area (Å²) in [5.41, 5.74) is 0. The summed E-state index contributed by atoms with van der Waals surface area (Å²) < 4.78 is 5.00. The number of carbonyl (C=O) groups is 2. The van der Waals surface area contributed by atoms with Crippen LogP contribution in [0.5, 0.6) is 0 Å². The third-order valence-corrected chi connectivity index (χ3v) is 3.93. The highest BCUT2D eigenvalue weighted by atomic mass is 16.5. The van der Waals surface area contributed by atoms with Crippen LogP contribution in [0.15, 0.2) is 0 Å². The Kier molecular flexibility index (Phi) is 4.22. The molecule has 102 valence electrons. The van der Waals surface area contributed by atoms with Gasteiger partial charge < -0.3 is 14.5 Å². The van der Waals surface area contributed by atoms with E-state index in [0.717, 1.165) is 32.2 Å². The van der Waals surface area contributed by atoms with Gasteiger partial charge in [-0.15, -0.1) is 0 Å². The highest BCUT2D eigenvalue weighted by Crippen LogP contribution is 2.26. The number of hydrogen-bond donors (Lipinski definition) is 0. The van der Waals surface area contributed by atoms with Crippen LogP contribution in [-0.2, 0) is 14.3 Å². The molecule has 0 aliphatic carbocycles. The normalized spacial score (nSPS) is 28.6. The molecule has 18 heavy (non-hydrogen) atoms. The molecule has 2 heterocycles. The van der Waals surface area contributed by atoms with Crippen LogP contribution in [-0.4, -0.2) is 60.5 Å². The van der Waals surface area contributed by atoms with Crippen LogP contribution in [0.25, 0.3) is 0 Å². The maximum atomic E-state index is 12.4. The van der Waals surface area contributed by atoms with E-state index in [-0.39, 0.29) is 23.9 Å². The van der Waals surface area contributed by atoms with Crippen LogP contribution in [0.2, 0.25) is 0 Å². The van der Waals surface area contributed by atoms with Crippen molar-refractivity contribution in [3.63, 3.8) is 0 Å². The molecule has 0 N–H and O–H groups in total. The van der Waals surface area contributed by atoms with Crippen LogP contribution in [0.3, 0.4) is 0 Å². The number of ether oxygens (including phenoxy) is 1. The summed E-state index contributed by atoms with van der Waals surface area (Å²) in [5.74, 6) is 0.231. The van der Waals surface area contributed by atoms with E-state index in [1.807, 2.05) is 6.92 Å². The Morgan fingerprint density at radius 3 is 2.78 bits per heavy atom. The quantitative estimate of drug-likeness (QED) is 0.692. The van der Waals surface area contributed by atoms with Gasteiger partial charge in [0.05, 0.1) is 0 Å². The van der Waals surface area contributed by atoms with Gasteiger partial charge in [-0.25, -0.2) is 0 Å². The Labute approximate surface area is 108 Å². The molecule has 0 aromatic heterocycles. The zero-order valence-corrected chi connectivity index (χ0v) is 11.2. The fourth-order valence-corrected chi connectivity index (χ4v) is 2.89. The second kappa shape index (κ2) is 5.69. The average molecular weight is 254 g/mol. The number of rotatable bonds is 4. The van der Waals surface area contributed by atoms with Crippen molar-refractivity contribution in [2.24, 2.45) is 0 Å². The molecule has 2 aliphatic heterocycles. The second-order valence-electron chi connectivity index (χ2n) is 5.10. The lowest BCUT2D eigenvalue weighted by atomic mass is 9.95. The van der Waals surface area contributed by atoms with Gasteiger partial charge in [0.2, 0.25) is 11.8 Å². The molecule has 0 aromatic rings. The average Bonchev–Trinajstić information content (AvgIpc) is 2.40. The van der Waals surface area contributed by atoms with Gasteiger partial charge >= 0.3 is 0 Å². The van der Waals surface area contributed by atoms with Crippen LogP contribution in [0, 0.1) is 0 Å². The first-order chi connectivity index (χ1) is 8.66. The lowest BCUT2D eigenvalue weighted by Crippen LogP contribution is -2.65. The van der Waals surface area contributed by atoms with Crippen LogP contribution in [0.1, 0.15) is 32.6 Å². The molecule has 2 amide bonds. The molecular weight excluding hydrogens is 232 g/mol. The number of carbonyl (C=O) groups excluding carboxylic acids is 2. The van der Waals surface area contributed by atoms with Crippen molar-refractivity contribution in [1.82, 2.24) is 9.80 Å². The highest BCUT2D eigenvalue weighted by Gasteiger charge is 2.44. The Morgan fingerprint density at radius 1 is 1.28 bits per heavy atom. The molecule has 2 unspecified atom stereocenters. The second-order valence-corrected chi connectivity index (χ2v) is 5.10. The number of methoxy groups -OCH3 is 1. The Bertz CT molecular complexity index is 332. The lowest BCUT2D eigenvalue weighted by molar-refractivity contribution is -0.163. The van der Waals surface area contributed by atoms with Crippen molar-refractivity contribution in [2.75, 3.05) is 26.8 Å². The number of hydrogen-bond acceptors (Lipinski definition) is 3. The van der Waals surface area contributed by atoms with Crippen molar-refractivity contribution >= 4 is 11.8 Å². The van der Waals surface area contributed by atoms with Gasteiger partial charge in [0.1, 0.15) is 12.1 Å². The monoisotopic (exact) mass is 254 g/mol. The first-order valence-electron chi connectivity index (χ1n) is 6.76. The molecule has 2 aliphatic rings. The summed E-state index contributed by atoms with van der Waals surface area (Å²) in [5, 5.41) is 0. The van der Waals surface area contributed by atoms with E-state index < -0.39 is 0 Å². The van der Waals surface area contributed by atoms with Crippen molar-refractivity contribution in [1.29, 1.82) is 0 Å². The van der Waals surface area contributed by atoms with Crippen LogP contribution >= 0.6 is 0 Å². The zero-order valence-electron chi connectivity index (χ0n) is 11.2. The van der Waals surface area contributed by atoms with E-state index in [9.17, 15) is 9.59 Å². The summed E-state index contributed by atoms with van der Waals surface area (Å²) in [4.78, 5) is 28.2. The molecule has 0 aromatic carbocycles. The first kappa shape index (κ1) is 13.3. The molecule has 0 radical (unpaired) electrons. The smallest absolute Gasteiger partial charge is 0.246 e. The minimum Gasteiger partial charge on any atom is -0.385 e. The molecule has 0 bridgehead atoms.